The van der Waals surface area contributed by atoms with Gasteiger partial charge in [0.15, 0.2) is 0 Å². The zero-order valence-corrected chi connectivity index (χ0v) is 13.8. The smallest absolute Gasteiger partial charge is 0.124 e. The van der Waals surface area contributed by atoms with Crippen molar-refractivity contribution < 1.29 is 4.74 Å². The predicted octanol–water partition coefficient (Wildman–Crippen LogP) is 4.84. The maximum Gasteiger partial charge on any atom is 0.124 e. The molecule has 0 aliphatic heterocycles. The Labute approximate surface area is 137 Å². The highest BCUT2D eigenvalue weighted by Gasteiger charge is 2.09. The van der Waals surface area contributed by atoms with E-state index in [1.165, 1.54) is 0 Å². The Bertz CT molecular complexity index is 604. The lowest BCUT2D eigenvalue weighted by Gasteiger charge is -2.13. The van der Waals surface area contributed by atoms with E-state index in [0.717, 1.165) is 21.3 Å². The minimum atomic E-state index is 0.393. The highest BCUT2D eigenvalue weighted by Crippen LogP contribution is 2.28. The number of ether oxygens (including phenoxy) is 1. The van der Waals surface area contributed by atoms with Crippen LogP contribution in [0.3, 0.4) is 0 Å². The van der Waals surface area contributed by atoms with Crippen molar-refractivity contribution in [2.75, 3.05) is 6.54 Å². The topological polar surface area (TPSA) is 35.2 Å². The summed E-state index contributed by atoms with van der Waals surface area (Å²) >= 11 is 15.7. The molecule has 2 aromatic rings. The third-order valence-electron chi connectivity index (χ3n) is 2.87. The molecule has 0 spiro atoms. The molecular formula is C15H14BrCl2NO. The fourth-order valence-electron chi connectivity index (χ4n) is 1.86. The molecule has 0 aromatic heterocycles. The molecule has 0 aliphatic rings. The van der Waals surface area contributed by atoms with Gasteiger partial charge in [-0.15, -0.1) is 0 Å². The molecular weight excluding hydrogens is 361 g/mol. The van der Waals surface area contributed by atoms with Crippen LogP contribution >= 0.6 is 39.1 Å². The second-order valence-corrected chi connectivity index (χ2v) is 6.01. The Morgan fingerprint density at radius 2 is 1.90 bits per heavy atom. The van der Waals surface area contributed by atoms with Crippen molar-refractivity contribution in [3.05, 3.63) is 62.0 Å². The number of rotatable bonds is 5. The van der Waals surface area contributed by atoms with Gasteiger partial charge in [0.1, 0.15) is 12.4 Å². The van der Waals surface area contributed by atoms with Crippen LogP contribution in [0.4, 0.5) is 0 Å². The van der Waals surface area contributed by atoms with Crippen LogP contribution in [0.2, 0.25) is 10.0 Å². The first-order valence-electron chi connectivity index (χ1n) is 6.16. The summed E-state index contributed by atoms with van der Waals surface area (Å²) in [6.45, 7) is 0.920. The first-order valence-corrected chi connectivity index (χ1v) is 7.71. The van der Waals surface area contributed by atoms with Gasteiger partial charge in [0.25, 0.3) is 0 Å². The van der Waals surface area contributed by atoms with E-state index in [4.69, 9.17) is 33.7 Å². The van der Waals surface area contributed by atoms with Crippen molar-refractivity contribution in [2.24, 2.45) is 5.73 Å². The van der Waals surface area contributed by atoms with Crippen LogP contribution in [0.1, 0.15) is 11.1 Å². The van der Waals surface area contributed by atoms with E-state index < -0.39 is 0 Å². The molecule has 0 heterocycles. The summed E-state index contributed by atoms with van der Waals surface area (Å²) < 4.78 is 6.78. The molecule has 0 aliphatic carbocycles. The van der Waals surface area contributed by atoms with Gasteiger partial charge in [0.05, 0.1) is 0 Å². The molecule has 0 unspecified atom stereocenters. The van der Waals surface area contributed by atoms with Crippen LogP contribution in [0.5, 0.6) is 5.75 Å². The highest BCUT2D eigenvalue weighted by molar-refractivity contribution is 9.10. The van der Waals surface area contributed by atoms with E-state index >= 15 is 0 Å². The monoisotopic (exact) mass is 373 g/mol. The number of halogens is 3. The van der Waals surface area contributed by atoms with Crippen molar-refractivity contribution in [1.29, 1.82) is 0 Å². The van der Waals surface area contributed by atoms with Gasteiger partial charge in [-0.1, -0.05) is 51.3 Å². The summed E-state index contributed by atoms with van der Waals surface area (Å²) in [4.78, 5) is 0. The molecule has 0 atom stereocenters. The molecule has 5 heteroatoms. The van der Waals surface area contributed by atoms with E-state index in [1.54, 1.807) is 0 Å². The summed E-state index contributed by atoms with van der Waals surface area (Å²) in [5.41, 5.74) is 7.47. The van der Waals surface area contributed by atoms with E-state index in [9.17, 15) is 0 Å². The molecule has 2 rings (SSSR count). The molecule has 0 bridgehead atoms. The lowest BCUT2D eigenvalue weighted by Crippen LogP contribution is -2.06. The SMILES string of the molecule is NCCc1c(Cl)cccc1OCc1ccc(Br)cc1Cl. The molecule has 2 aromatic carbocycles. The van der Waals surface area contributed by atoms with Gasteiger partial charge in [0.2, 0.25) is 0 Å². The Morgan fingerprint density at radius 1 is 1.10 bits per heavy atom. The third kappa shape index (κ3) is 3.89. The van der Waals surface area contributed by atoms with Gasteiger partial charge >= 0.3 is 0 Å². The van der Waals surface area contributed by atoms with Crippen molar-refractivity contribution >= 4 is 39.1 Å². The molecule has 2 N–H and O–H groups in total. The minimum Gasteiger partial charge on any atom is -0.489 e. The van der Waals surface area contributed by atoms with Crippen molar-refractivity contribution in [3.63, 3.8) is 0 Å². The average molecular weight is 375 g/mol. The maximum absolute atomic E-state index is 6.17. The molecule has 2 nitrogen and oxygen atoms in total. The van der Waals surface area contributed by atoms with Crippen LogP contribution in [0.25, 0.3) is 0 Å². The van der Waals surface area contributed by atoms with Crippen molar-refractivity contribution in [3.8, 4) is 5.75 Å². The standard InChI is InChI=1S/C15H14BrCl2NO/c16-11-5-4-10(14(18)8-11)9-20-15-3-1-2-13(17)12(15)6-7-19/h1-5,8H,6-7,9,19H2. The summed E-state index contributed by atoms with van der Waals surface area (Å²) in [5, 5.41) is 1.34. The number of hydrogen-bond acceptors (Lipinski definition) is 2. The van der Waals surface area contributed by atoms with Gasteiger partial charge in [-0.3, -0.25) is 0 Å². The largest absolute Gasteiger partial charge is 0.489 e. The van der Waals surface area contributed by atoms with Crippen molar-refractivity contribution in [2.45, 2.75) is 13.0 Å². The third-order valence-corrected chi connectivity index (χ3v) is 4.07. The summed E-state index contributed by atoms with van der Waals surface area (Å²) in [6.07, 6.45) is 0.684. The van der Waals surface area contributed by atoms with Crippen LogP contribution in [-0.2, 0) is 13.0 Å². The second-order valence-electron chi connectivity index (χ2n) is 4.28. The Hall–Kier alpha value is -0.740. The van der Waals surface area contributed by atoms with Crippen molar-refractivity contribution in [1.82, 2.24) is 0 Å². The molecule has 106 valence electrons. The zero-order valence-electron chi connectivity index (χ0n) is 10.7. The number of nitrogens with two attached hydrogens (primary N) is 1. The van der Waals surface area contributed by atoms with Gasteiger partial charge in [-0.2, -0.15) is 0 Å². The van der Waals surface area contributed by atoms with E-state index in [2.05, 4.69) is 15.9 Å². The average Bonchev–Trinajstić information content (AvgIpc) is 2.41. The predicted molar refractivity (Wildman–Crippen MR) is 87.7 cm³/mol. The summed E-state index contributed by atoms with van der Waals surface area (Å²) in [5.74, 6) is 0.752. The van der Waals surface area contributed by atoms with E-state index in [1.807, 2.05) is 36.4 Å². The quantitative estimate of drug-likeness (QED) is 0.812. The highest BCUT2D eigenvalue weighted by atomic mass is 79.9. The molecule has 0 fully saturated rings. The fourth-order valence-corrected chi connectivity index (χ4v) is 2.84. The summed E-state index contributed by atoms with van der Waals surface area (Å²) in [6, 6.07) is 11.3. The summed E-state index contributed by atoms with van der Waals surface area (Å²) in [7, 11) is 0. The Balaban J connectivity index is 2.16. The van der Waals surface area contributed by atoms with Gasteiger partial charge < -0.3 is 10.5 Å². The molecule has 0 saturated heterocycles. The van der Waals surface area contributed by atoms with Gasteiger partial charge in [-0.25, -0.2) is 0 Å². The number of hydrogen-bond donors (Lipinski definition) is 1. The normalized spacial score (nSPS) is 10.6. The first kappa shape index (κ1) is 15.6. The van der Waals surface area contributed by atoms with E-state index in [-0.39, 0.29) is 0 Å². The Morgan fingerprint density at radius 3 is 2.60 bits per heavy atom. The lowest BCUT2D eigenvalue weighted by atomic mass is 10.1. The maximum atomic E-state index is 6.17. The van der Waals surface area contributed by atoms with Crippen LogP contribution < -0.4 is 10.5 Å². The lowest BCUT2D eigenvalue weighted by molar-refractivity contribution is 0.303. The minimum absolute atomic E-state index is 0.393. The Kier molecular flexibility index (Phi) is 5.73. The molecule has 0 saturated carbocycles. The van der Waals surface area contributed by atoms with Gasteiger partial charge in [0, 0.05) is 25.6 Å². The van der Waals surface area contributed by atoms with Crippen LogP contribution in [0.15, 0.2) is 40.9 Å². The second kappa shape index (κ2) is 7.32. The number of benzene rings is 2. The van der Waals surface area contributed by atoms with E-state index in [0.29, 0.717) is 29.6 Å². The fraction of sp³-hybridized carbons (Fsp3) is 0.200. The molecule has 20 heavy (non-hydrogen) atoms. The molecule has 0 amide bonds. The first-order chi connectivity index (χ1) is 9.61. The van der Waals surface area contributed by atoms with Gasteiger partial charge in [-0.05, 0) is 37.2 Å². The molecule has 0 radical (unpaired) electrons. The zero-order chi connectivity index (χ0) is 14.5. The van der Waals surface area contributed by atoms with Crippen LogP contribution in [0, 0.1) is 0 Å². The van der Waals surface area contributed by atoms with Crippen LogP contribution in [-0.4, -0.2) is 6.54 Å².